The Morgan fingerprint density at radius 2 is 1.85 bits per heavy atom. The summed E-state index contributed by atoms with van der Waals surface area (Å²) in [6.07, 6.45) is 7.95. The first kappa shape index (κ1) is 21.0. The van der Waals surface area contributed by atoms with Crippen molar-refractivity contribution in [3.05, 3.63) is 23.8 Å². The van der Waals surface area contributed by atoms with E-state index in [9.17, 15) is 17.6 Å². The first-order valence-corrected chi connectivity index (χ1v) is 6.47. The predicted octanol–water partition coefficient (Wildman–Crippen LogP) is 4.42. The normalized spacial score (nSPS) is 22.8. The Bertz CT molecular complexity index is 321. The number of hydrogen-bond acceptors (Lipinski definition) is 1. The molecule has 1 unspecified atom stereocenters. The average Bonchev–Trinajstić information content (AvgIpc) is 2.85. The number of rotatable bonds is 3. The lowest BCUT2D eigenvalue weighted by atomic mass is 10.0. The quantitative estimate of drug-likeness (QED) is 0.461. The van der Waals surface area contributed by atoms with Crippen LogP contribution in [0, 0.1) is 12.8 Å². The lowest BCUT2D eigenvalue weighted by molar-refractivity contribution is -0.0912. The summed E-state index contributed by atoms with van der Waals surface area (Å²) in [5, 5.41) is 2.88. The number of allylic oxidation sites excluding steroid dienone is 4. The highest BCUT2D eigenvalue weighted by molar-refractivity contribution is 5.15. The number of alkyl halides is 4. The van der Waals surface area contributed by atoms with E-state index in [2.05, 4.69) is 18.2 Å². The molecule has 1 heterocycles. The van der Waals surface area contributed by atoms with Crippen molar-refractivity contribution in [2.45, 2.75) is 45.5 Å². The molecule has 5 heteroatoms. The molecule has 1 aliphatic heterocycles. The zero-order valence-electron chi connectivity index (χ0n) is 12.2. The van der Waals surface area contributed by atoms with Crippen LogP contribution in [0.5, 0.6) is 0 Å². The van der Waals surface area contributed by atoms with Gasteiger partial charge in [-0.1, -0.05) is 32.1 Å². The van der Waals surface area contributed by atoms with E-state index in [1.807, 2.05) is 13.8 Å². The second-order valence-corrected chi connectivity index (χ2v) is 4.06. The largest absolute Gasteiger partial charge is 0.412 e. The number of halogens is 4. The van der Waals surface area contributed by atoms with Gasteiger partial charge in [-0.25, -0.2) is 4.39 Å². The Labute approximate surface area is 119 Å². The van der Waals surface area contributed by atoms with Crippen molar-refractivity contribution in [3.8, 4) is 12.8 Å². The molecule has 0 saturated carbocycles. The van der Waals surface area contributed by atoms with Gasteiger partial charge in [0.2, 0.25) is 0 Å². The van der Waals surface area contributed by atoms with Crippen molar-refractivity contribution in [2.24, 2.45) is 0 Å². The molecule has 0 aromatic carbocycles. The smallest absolute Gasteiger partial charge is 0.313 e. The molecule has 0 aliphatic carbocycles. The molecule has 1 rings (SSSR count). The van der Waals surface area contributed by atoms with Crippen molar-refractivity contribution in [3.63, 3.8) is 0 Å². The third-order valence-corrected chi connectivity index (χ3v) is 2.60. The maximum Gasteiger partial charge on any atom is 0.412 e. The van der Waals surface area contributed by atoms with Crippen LogP contribution in [0.25, 0.3) is 0 Å². The van der Waals surface area contributed by atoms with Gasteiger partial charge in [0.25, 0.3) is 0 Å². The van der Waals surface area contributed by atoms with Gasteiger partial charge < -0.3 is 5.32 Å². The minimum absolute atomic E-state index is 0.154. The summed E-state index contributed by atoms with van der Waals surface area (Å²) >= 11 is 0. The van der Waals surface area contributed by atoms with E-state index in [0.29, 0.717) is 13.0 Å². The Morgan fingerprint density at radius 1 is 1.30 bits per heavy atom. The molecule has 1 N–H and O–H groups in total. The molecular weight excluding hydrogens is 270 g/mol. The molecule has 0 bridgehead atoms. The summed E-state index contributed by atoms with van der Waals surface area (Å²) in [5.74, 6) is 0. The van der Waals surface area contributed by atoms with Crippen molar-refractivity contribution in [1.29, 1.82) is 0 Å². The van der Waals surface area contributed by atoms with Crippen LogP contribution < -0.4 is 5.32 Å². The zero-order chi connectivity index (χ0) is 16.2. The van der Waals surface area contributed by atoms with Crippen LogP contribution in [0.15, 0.2) is 23.8 Å². The minimum Gasteiger partial charge on any atom is -0.313 e. The maximum absolute atomic E-state index is 13.7. The SMILES string of the molecule is C#C.C/C(=C\C=C/CC1(F)CCNC1)C(F)(F)F.CC. The topological polar surface area (TPSA) is 12.0 Å². The lowest BCUT2D eigenvalue weighted by Gasteiger charge is -2.14. The molecule has 0 radical (unpaired) electrons. The van der Waals surface area contributed by atoms with Crippen LogP contribution in [0.3, 0.4) is 0 Å². The van der Waals surface area contributed by atoms with Crippen molar-refractivity contribution in [2.75, 3.05) is 13.1 Å². The third kappa shape index (κ3) is 8.76. The highest BCUT2D eigenvalue weighted by Gasteiger charge is 2.32. The van der Waals surface area contributed by atoms with Crippen LogP contribution in [0.1, 0.15) is 33.6 Å². The van der Waals surface area contributed by atoms with Gasteiger partial charge in [-0.3, -0.25) is 0 Å². The van der Waals surface area contributed by atoms with Crippen LogP contribution in [-0.4, -0.2) is 24.9 Å². The Morgan fingerprint density at radius 3 is 2.25 bits per heavy atom. The Kier molecular flexibility index (Phi) is 11.0. The molecule has 1 nitrogen and oxygen atoms in total. The third-order valence-electron chi connectivity index (χ3n) is 2.60. The Balaban J connectivity index is 0. The molecule has 0 amide bonds. The van der Waals surface area contributed by atoms with E-state index in [-0.39, 0.29) is 13.0 Å². The average molecular weight is 293 g/mol. The van der Waals surface area contributed by atoms with Crippen LogP contribution >= 0.6 is 0 Å². The highest BCUT2D eigenvalue weighted by atomic mass is 19.4. The number of terminal acetylenes is 1. The first-order chi connectivity index (χ1) is 9.33. The van der Waals surface area contributed by atoms with Crippen molar-refractivity contribution < 1.29 is 17.6 Å². The first-order valence-electron chi connectivity index (χ1n) is 6.47. The van der Waals surface area contributed by atoms with Gasteiger partial charge in [0, 0.05) is 18.5 Å². The fraction of sp³-hybridized carbons (Fsp3) is 0.600. The van der Waals surface area contributed by atoms with E-state index < -0.39 is 17.4 Å². The second kappa shape index (κ2) is 10.5. The van der Waals surface area contributed by atoms with Gasteiger partial charge >= 0.3 is 6.18 Å². The monoisotopic (exact) mass is 293 g/mol. The summed E-state index contributed by atoms with van der Waals surface area (Å²) < 4.78 is 49.9. The van der Waals surface area contributed by atoms with Crippen LogP contribution in [-0.2, 0) is 0 Å². The molecule has 1 saturated heterocycles. The van der Waals surface area contributed by atoms with Gasteiger partial charge in [-0.2, -0.15) is 13.2 Å². The minimum atomic E-state index is -4.30. The van der Waals surface area contributed by atoms with Crippen LogP contribution in [0.4, 0.5) is 17.6 Å². The summed E-state index contributed by atoms with van der Waals surface area (Å²) in [6.45, 7) is 5.90. The van der Waals surface area contributed by atoms with Crippen LogP contribution in [0.2, 0.25) is 0 Å². The standard InChI is InChI=1S/C11H15F4N.C2H6.C2H2/c1-9(11(13,14)15)4-2-3-5-10(12)6-7-16-8-10;2*1-2/h2-4,16H,5-8H2,1H3;1-2H3;1-2H/b3-2-,9-4+;;. The van der Waals surface area contributed by atoms with Gasteiger partial charge in [0.1, 0.15) is 5.67 Å². The molecule has 0 spiro atoms. The van der Waals surface area contributed by atoms with E-state index in [0.717, 1.165) is 13.0 Å². The second-order valence-electron chi connectivity index (χ2n) is 4.06. The van der Waals surface area contributed by atoms with Gasteiger partial charge in [0.05, 0.1) is 0 Å². The van der Waals surface area contributed by atoms with E-state index in [4.69, 9.17) is 0 Å². The molecule has 116 valence electrons. The molecule has 1 aliphatic rings. The molecular formula is C15H23F4N. The summed E-state index contributed by atoms with van der Waals surface area (Å²) in [7, 11) is 0. The van der Waals surface area contributed by atoms with Gasteiger partial charge in [0.15, 0.2) is 0 Å². The lowest BCUT2D eigenvalue weighted by Crippen LogP contribution is -2.24. The summed E-state index contributed by atoms with van der Waals surface area (Å²) in [4.78, 5) is 0. The number of nitrogens with one attached hydrogen (secondary N) is 1. The summed E-state index contributed by atoms with van der Waals surface area (Å²) in [5.41, 5.74) is -1.97. The van der Waals surface area contributed by atoms with Gasteiger partial charge in [-0.05, 0) is 19.9 Å². The molecule has 1 atom stereocenters. The predicted molar refractivity (Wildman–Crippen MR) is 76.1 cm³/mol. The van der Waals surface area contributed by atoms with E-state index in [1.165, 1.54) is 12.2 Å². The van der Waals surface area contributed by atoms with E-state index >= 15 is 0 Å². The summed E-state index contributed by atoms with van der Waals surface area (Å²) in [6, 6.07) is 0. The Hall–Kier alpha value is -1.28. The maximum atomic E-state index is 13.7. The van der Waals surface area contributed by atoms with Crippen molar-refractivity contribution >= 4 is 0 Å². The zero-order valence-corrected chi connectivity index (χ0v) is 12.2. The molecule has 20 heavy (non-hydrogen) atoms. The molecule has 1 fully saturated rings. The molecule has 0 aromatic rings. The fourth-order valence-corrected chi connectivity index (χ4v) is 1.47. The van der Waals surface area contributed by atoms with Crippen molar-refractivity contribution in [1.82, 2.24) is 5.32 Å². The number of hydrogen-bond donors (Lipinski definition) is 1. The molecule has 0 aromatic heterocycles. The van der Waals surface area contributed by atoms with Gasteiger partial charge in [-0.15, -0.1) is 12.8 Å². The highest BCUT2D eigenvalue weighted by Crippen LogP contribution is 2.26. The fourth-order valence-electron chi connectivity index (χ4n) is 1.47. The van der Waals surface area contributed by atoms with E-state index in [1.54, 1.807) is 0 Å².